The molecule has 14 nitrogen and oxygen atoms in total. The smallest absolute Gasteiger partial charge is 0.314 e. The molecule has 0 heterocycles. The average molecular weight is 540 g/mol. The monoisotopic (exact) mass is 539 g/mol. The third kappa shape index (κ3) is 14.9. The van der Waals surface area contributed by atoms with Gasteiger partial charge in [0.15, 0.2) is 0 Å². The highest BCUT2D eigenvalue weighted by atomic mass is 16.6. The number of nitrogens with two attached hydrogens (primary N) is 2. The molecular weight excluding hydrogens is 498 g/mol. The van der Waals surface area contributed by atoms with Crippen LogP contribution in [0.2, 0.25) is 0 Å². The maximum absolute atomic E-state index is 12.5. The van der Waals surface area contributed by atoms with E-state index in [1.54, 1.807) is 38.4 Å². The van der Waals surface area contributed by atoms with Gasteiger partial charge in [-0.15, -0.1) is 0 Å². The molecule has 0 bridgehead atoms. The van der Waals surface area contributed by atoms with Crippen molar-refractivity contribution >= 4 is 23.8 Å². The first kappa shape index (κ1) is 32.6. The van der Waals surface area contributed by atoms with Crippen LogP contribution >= 0.6 is 0 Å². The Balaban J connectivity index is 2.29. The minimum absolute atomic E-state index is 0.0458. The molecule has 0 saturated carbocycles. The molecule has 0 spiro atoms. The molecule has 214 valence electrons. The maximum Gasteiger partial charge on any atom is 0.314 e. The van der Waals surface area contributed by atoms with Gasteiger partial charge < -0.3 is 52.3 Å². The van der Waals surface area contributed by atoms with E-state index in [0.717, 1.165) is 12.8 Å². The van der Waals surface area contributed by atoms with Crippen molar-refractivity contribution in [3.63, 3.8) is 0 Å². The molecule has 0 fully saturated rings. The summed E-state index contributed by atoms with van der Waals surface area (Å²) in [6.07, 6.45) is 1.41. The van der Waals surface area contributed by atoms with Gasteiger partial charge in [0.2, 0.25) is 11.8 Å². The van der Waals surface area contributed by atoms with Gasteiger partial charge in [-0.25, -0.2) is 4.79 Å². The molecule has 0 aliphatic rings. The van der Waals surface area contributed by atoms with E-state index >= 15 is 0 Å². The van der Waals surface area contributed by atoms with E-state index in [1.165, 1.54) is 0 Å². The SMILES string of the molecule is CNC(=O)NCCCCC(NC)C(=O)NCCNC(=O)c1cccc(OCC(N)OCCOCC(N)=O)c1. The Morgan fingerprint density at radius 2 is 1.74 bits per heavy atom. The third-order valence-electron chi connectivity index (χ3n) is 5.12. The second-order valence-electron chi connectivity index (χ2n) is 8.16. The molecule has 0 aliphatic carbocycles. The van der Waals surface area contributed by atoms with E-state index in [9.17, 15) is 19.2 Å². The first-order chi connectivity index (χ1) is 18.3. The van der Waals surface area contributed by atoms with E-state index in [4.69, 9.17) is 25.7 Å². The number of ether oxygens (including phenoxy) is 3. The Morgan fingerprint density at radius 3 is 2.45 bits per heavy atom. The van der Waals surface area contributed by atoms with Crippen LogP contribution in [-0.2, 0) is 19.1 Å². The van der Waals surface area contributed by atoms with Gasteiger partial charge in [0.05, 0.1) is 19.3 Å². The van der Waals surface area contributed by atoms with Crippen LogP contribution in [0.25, 0.3) is 0 Å². The number of hydrogen-bond donors (Lipinski definition) is 7. The van der Waals surface area contributed by atoms with Gasteiger partial charge in [0.1, 0.15) is 25.2 Å². The van der Waals surface area contributed by atoms with E-state index in [0.29, 0.717) is 24.3 Å². The predicted molar refractivity (Wildman–Crippen MR) is 140 cm³/mol. The molecule has 1 aromatic rings. The summed E-state index contributed by atoms with van der Waals surface area (Å²) in [5, 5.41) is 13.7. The van der Waals surface area contributed by atoms with Crippen LogP contribution < -0.4 is 42.8 Å². The molecular formula is C24H41N7O7. The second-order valence-corrected chi connectivity index (χ2v) is 8.16. The van der Waals surface area contributed by atoms with Crippen molar-refractivity contribution in [3.8, 4) is 5.75 Å². The highest BCUT2D eigenvalue weighted by molar-refractivity contribution is 5.94. The number of urea groups is 1. The molecule has 14 heteroatoms. The van der Waals surface area contributed by atoms with Crippen molar-refractivity contribution in [2.75, 3.05) is 60.2 Å². The Morgan fingerprint density at radius 1 is 0.974 bits per heavy atom. The molecule has 0 aromatic heterocycles. The second kappa shape index (κ2) is 19.6. The fourth-order valence-electron chi connectivity index (χ4n) is 3.14. The number of benzene rings is 1. The number of unbranched alkanes of at least 4 members (excludes halogenated alkanes) is 1. The molecule has 0 aliphatic heterocycles. The zero-order chi connectivity index (χ0) is 28.2. The van der Waals surface area contributed by atoms with E-state index in [2.05, 4.69) is 26.6 Å². The lowest BCUT2D eigenvalue weighted by atomic mass is 10.1. The molecule has 2 atom stereocenters. The number of amides is 5. The van der Waals surface area contributed by atoms with Crippen LogP contribution in [0.1, 0.15) is 29.6 Å². The van der Waals surface area contributed by atoms with Gasteiger partial charge in [-0.1, -0.05) is 6.07 Å². The highest BCUT2D eigenvalue weighted by Crippen LogP contribution is 2.13. The normalized spacial score (nSPS) is 12.2. The van der Waals surface area contributed by atoms with Crippen LogP contribution in [-0.4, -0.2) is 96.2 Å². The number of likely N-dealkylation sites (N-methyl/N-ethyl adjacent to an activating group) is 1. The number of nitrogens with one attached hydrogen (secondary N) is 5. The van der Waals surface area contributed by atoms with Crippen molar-refractivity contribution < 1.29 is 33.4 Å². The van der Waals surface area contributed by atoms with Crippen LogP contribution in [0.3, 0.4) is 0 Å². The number of carbonyl (C=O) groups excluding carboxylic acids is 4. The van der Waals surface area contributed by atoms with Crippen molar-refractivity contribution in [3.05, 3.63) is 29.8 Å². The average Bonchev–Trinajstić information content (AvgIpc) is 2.91. The first-order valence-corrected chi connectivity index (χ1v) is 12.4. The van der Waals surface area contributed by atoms with Crippen molar-refractivity contribution in [1.29, 1.82) is 0 Å². The highest BCUT2D eigenvalue weighted by Gasteiger charge is 2.15. The van der Waals surface area contributed by atoms with Gasteiger partial charge in [-0.3, -0.25) is 14.4 Å². The standard InChI is InChI=1S/C24H41N7O7/c1-27-19(8-3-4-9-31-24(35)28-2)23(34)30-11-10-29-22(33)17-6-5-7-18(14-17)38-16-21(26)37-13-12-36-15-20(25)32/h5-7,14,19,21,27H,3-4,8-13,15-16,26H2,1-2H3,(H2,25,32)(H,29,33)(H,30,34)(H2,28,31,35). The molecule has 9 N–H and O–H groups in total. The summed E-state index contributed by atoms with van der Waals surface area (Å²) in [6.45, 7) is 1.25. The van der Waals surface area contributed by atoms with Gasteiger partial charge >= 0.3 is 6.03 Å². The first-order valence-electron chi connectivity index (χ1n) is 12.4. The lowest BCUT2D eigenvalue weighted by Gasteiger charge is -2.16. The Kier molecular flexibility index (Phi) is 16.8. The Labute approximate surface area is 222 Å². The van der Waals surface area contributed by atoms with Crippen molar-refractivity contribution in [2.24, 2.45) is 11.5 Å². The summed E-state index contributed by atoms with van der Waals surface area (Å²) < 4.78 is 15.9. The number of rotatable bonds is 20. The lowest BCUT2D eigenvalue weighted by molar-refractivity contribution is -0.124. The number of hydrogen-bond acceptors (Lipinski definition) is 9. The Hall–Kier alpha value is -3.46. The van der Waals surface area contributed by atoms with E-state index in [-0.39, 0.29) is 63.4 Å². The third-order valence-corrected chi connectivity index (χ3v) is 5.12. The minimum atomic E-state index is -0.728. The topological polar surface area (TPSA) is 208 Å². The molecule has 2 unspecified atom stereocenters. The van der Waals surface area contributed by atoms with E-state index in [1.807, 2.05) is 0 Å². The van der Waals surface area contributed by atoms with Gasteiger partial charge in [0.25, 0.3) is 5.91 Å². The van der Waals surface area contributed by atoms with Crippen LogP contribution in [0.5, 0.6) is 5.75 Å². The van der Waals surface area contributed by atoms with Crippen molar-refractivity contribution in [2.45, 2.75) is 31.5 Å². The van der Waals surface area contributed by atoms with E-state index < -0.39 is 12.1 Å². The summed E-state index contributed by atoms with van der Waals surface area (Å²) >= 11 is 0. The predicted octanol–water partition coefficient (Wildman–Crippen LogP) is -1.60. The zero-order valence-corrected chi connectivity index (χ0v) is 22.0. The number of carbonyl (C=O) groups is 4. The zero-order valence-electron chi connectivity index (χ0n) is 22.0. The molecule has 0 radical (unpaired) electrons. The van der Waals surface area contributed by atoms with Gasteiger partial charge in [0, 0.05) is 32.2 Å². The minimum Gasteiger partial charge on any atom is -0.489 e. The fourth-order valence-corrected chi connectivity index (χ4v) is 3.14. The molecule has 1 aromatic carbocycles. The van der Waals surface area contributed by atoms with Crippen LogP contribution in [0.15, 0.2) is 24.3 Å². The summed E-state index contributed by atoms with van der Waals surface area (Å²) in [5.74, 6) is -0.595. The molecule has 1 rings (SSSR count). The maximum atomic E-state index is 12.5. The largest absolute Gasteiger partial charge is 0.489 e. The van der Waals surface area contributed by atoms with Crippen LogP contribution in [0.4, 0.5) is 4.79 Å². The van der Waals surface area contributed by atoms with Crippen molar-refractivity contribution in [1.82, 2.24) is 26.6 Å². The van der Waals surface area contributed by atoms with Gasteiger partial charge in [-0.2, -0.15) is 0 Å². The summed E-state index contributed by atoms with van der Waals surface area (Å²) in [6, 6.07) is 5.99. The fraction of sp³-hybridized carbons (Fsp3) is 0.583. The number of primary amides is 1. The molecule has 0 saturated heterocycles. The summed E-state index contributed by atoms with van der Waals surface area (Å²) in [4.78, 5) is 46.6. The quantitative estimate of drug-likeness (QED) is 0.0751. The molecule has 5 amide bonds. The van der Waals surface area contributed by atoms with Crippen LogP contribution in [0, 0.1) is 0 Å². The summed E-state index contributed by atoms with van der Waals surface area (Å²) in [5.41, 5.74) is 11.2. The summed E-state index contributed by atoms with van der Waals surface area (Å²) in [7, 11) is 3.26. The molecule has 38 heavy (non-hydrogen) atoms. The van der Waals surface area contributed by atoms with Gasteiger partial charge in [-0.05, 0) is 44.5 Å². The Bertz CT molecular complexity index is 872. The lowest BCUT2D eigenvalue weighted by Crippen LogP contribution is -2.45.